The Hall–Kier alpha value is -3.26. The van der Waals surface area contributed by atoms with Crippen LogP contribution in [0.5, 0.6) is 0 Å². The number of carbonyl (C=O) groups is 3. The van der Waals surface area contributed by atoms with E-state index in [1.165, 1.54) is 12.1 Å². The van der Waals surface area contributed by atoms with Crippen LogP contribution in [0.15, 0.2) is 54.6 Å². The van der Waals surface area contributed by atoms with Gasteiger partial charge < -0.3 is 15.1 Å². The maximum atomic E-state index is 13.0. The van der Waals surface area contributed by atoms with Crippen LogP contribution < -0.4 is 0 Å². The summed E-state index contributed by atoms with van der Waals surface area (Å²) in [5.74, 6) is -3.60. The van der Waals surface area contributed by atoms with E-state index in [9.17, 15) is 9.18 Å². The largest absolute Gasteiger partial charge is 0.473 e. The molecule has 0 saturated carbocycles. The lowest BCUT2D eigenvalue weighted by Crippen LogP contribution is -2.43. The molecule has 1 aliphatic heterocycles. The summed E-state index contributed by atoms with van der Waals surface area (Å²) in [4.78, 5) is 35.1. The average molecular weight is 430 g/mol. The molecule has 0 radical (unpaired) electrons. The van der Waals surface area contributed by atoms with Crippen molar-refractivity contribution < 1.29 is 29.0 Å². The van der Waals surface area contributed by atoms with E-state index in [-0.39, 0.29) is 17.6 Å². The lowest BCUT2D eigenvalue weighted by atomic mass is 9.96. The third kappa shape index (κ3) is 8.18. The van der Waals surface area contributed by atoms with Crippen molar-refractivity contribution >= 4 is 17.8 Å². The summed E-state index contributed by atoms with van der Waals surface area (Å²) in [6, 6.07) is 16.7. The molecule has 0 bridgehead atoms. The molecule has 7 nitrogen and oxygen atoms in total. The van der Waals surface area contributed by atoms with Gasteiger partial charge in [-0.05, 0) is 42.6 Å². The van der Waals surface area contributed by atoms with Crippen molar-refractivity contribution in [1.29, 1.82) is 0 Å². The Balaban J connectivity index is 0.000000501. The minimum absolute atomic E-state index is 0.0444. The fraction of sp³-hybridized carbons (Fsp3) is 0.348. The molecular formula is C23H27FN2O5. The number of amides is 1. The molecule has 2 N–H and O–H groups in total. The van der Waals surface area contributed by atoms with Gasteiger partial charge in [0, 0.05) is 26.7 Å². The number of carboxylic acid groups (broad SMARTS) is 2. The topological polar surface area (TPSA) is 98.2 Å². The molecule has 1 heterocycles. The number of carboxylic acids is 2. The van der Waals surface area contributed by atoms with Gasteiger partial charge in [-0.15, -0.1) is 0 Å². The molecule has 1 saturated heterocycles. The van der Waals surface area contributed by atoms with E-state index in [2.05, 4.69) is 4.90 Å². The Morgan fingerprint density at radius 3 is 2.19 bits per heavy atom. The van der Waals surface area contributed by atoms with Crippen LogP contribution in [0.1, 0.15) is 24.0 Å². The van der Waals surface area contributed by atoms with Gasteiger partial charge in [0.15, 0.2) is 0 Å². The van der Waals surface area contributed by atoms with Crippen LogP contribution >= 0.6 is 0 Å². The van der Waals surface area contributed by atoms with Gasteiger partial charge in [0.25, 0.3) is 0 Å². The summed E-state index contributed by atoms with van der Waals surface area (Å²) in [7, 11) is 1.88. The molecule has 0 aromatic heterocycles. The first-order valence-electron chi connectivity index (χ1n) is 9.98. The number of benzene rings is 2. The van der Waals surface area contributed by atoms with E-state index in [1.54, 1.807) is 0 Å². The smallest absolute Gasteiger partial charge is 0.414 e. The first-order valence-corrected chi connectivity index (χ1v) is 9.98. The van der Waals surface area contributed by atoms with E-state index < -0.39 is 11.9 Å². The van der Waals surface area contributed by atoms with Crippen molar-refractivity contribution in [1.82, 2.24) is 9.80 Å². The van der Waals surface area contributed by atoms with Crippen LogP contribution in [0.3, 0.4) is 0 Å². The van der Waals surface area contributed by atoms with Gasteiger partial charge in [-0.2, -0.15) is 0 Å². The molecule has 8 heteroatoms. The van der Waals surface area contributed by atoms with Crippen molar-refractivity contribution in [3.63, 3.8) is 0 Å². The molecule has 31 heavy (non-hydrogen) atoms. The molecule has 2 aromatic carbocycles. The number of halogens is 1. The Morgan fingerprint density at radius 2 is 1.61 bits per heavy atom. The SMILES string of the molecule is CN(Cc1ccccc1)C(=O)C1CCCN(Cc2ccc(F)cc2)C1.O=C(O)C(=O)O. The van der Waals surface area contributed by atoms with Crippen LogP contribution in [-0.4, -0.2) is 58.0 Å². The zero-order valence-electron chi connectivity index (χ0n) is 17.4. The van der Waals surface area contributed by atoms with Crippen molar-refractivity contribution in [2.24, 2.45) is 5.92 Å². The van der Waals surface area contributed by atoms with Gasteiger partial charge >= 0.3 is 11.9 Å². The lowest BCUT2D eigenvalue weighted by molar-refractivity contribution is -0.159. The van der Waals surface area contributed by atoms with Crippen LogP contribution in [-0.2, 0) is 27.5 Å². The number of likely N-dealkylation sites (tertiary alicyclic amines) is 1. The molecule has 166 valence electrons. The van der Waals surface area contributed by atoms with E-state index in [0.717, 1.165) is 43.6 Å². The first-order chi connectivity index (χ1) is 14.8. The predicted octanol–water partition coefficient (Wildman–Crippen LogP) is 2.85. The standard InChI is InChI=1S/C21H25FN2O.C2H2O4/c1-23(14-17-6-3-2-4-7-17)21(25)19-8-5-13-24(16-19)15-18-9-11-20(22)12-10-18;3-1(4)2(5)6/h2-4,6-7,9-12,19H,5,8,13-16H2,1H3;(H,3,4)(H,5,6). The van der Waals surface area contributed by atoms with Gasteiger partial charge in [0.2, 0.25) is 5.91 Å². The zero-order valence-corrected chi connectivity index (χ0v) is 17.4. The highest BCUT2D eigenvalue weighted by atomic mass is 19.1. The molecule has 0 aliphatic carbocycles. The number of carbonyl (C=O) groups excluding carboxylic acids is 1. The molecule has 1 atom stereocenters. The summed E-state index contributed by atoms with van der Waals surface area (Å²) in [6.07, 6.45) is 1.97. The monoisotopic (exact) mass is 430 g/mol. The molecular weight excluding hydrogens is 403 g/mol. The number of hydrogen-bond donors (Lipinski definition) is 2. The van der Waals surface area contributed by atoms with Gasteiger partial charge in [-0.25, -0.2) is 14.0 Å². The summed E-state index contributed by atoms with van der Waals surface area (Å²) in [5, 5.41) is 14.8. The average Bonchev–Trinajstić information content (AvgIpc) is 2.76. The highest BCUT2D eigenvalue weighted by molar-refractivity contribution is 6.27. The van der Waals surface area contributed by atoms with Crippen LogP contribution in [0, 0.1) is 11.7 Å². The minimum atomic E-state index is -1.82. The molecule has 1 unspecified atom stereocenters. The Bertz CT molecular complexity index is 861. The minimum Gasteiger partial charge on any atom is -0.473 e. The summed E-state index contributed by atoms with van der Waals surface area (Å²) < 4.78 is 13.0. The van der Waals surface area contributed by atoms with Crippen molar-refractivity contribution in [3.8, 4) is 0 Å². The number of aliphatic carboxylic acids is 2. The van der Waals surface area contributed by atoms with Crippen LogP contribution in [0.2, 0.25) is 0 Å². The van der Waals surface area contributed by atoms with Gasteiger partial charge in [-0.1, -0.05) is 42.5 Å². The van der Waals surface area contributed by atoms with E-state index >= 15 is 0 Å². The van der Waals surface area contributed by atoms with Gasteiger partial charge in [0.1, 0.15) is 5.82 Å². The van der Waals surface area contributed by atoms with E-state index in [1.807, 2.05) is 54.4 Å². The molecule has 1 fully saturated rings. The zero-order chi connectivity index (χ0) is 22.8. The Kier molecular flexibility index (Phi) is 9.14. The maximum Gasteiger partial charge on any atom is 0.414 e. The van der Waals surface area contributed by atoms with Crippen molar-refractivity contribution in [2.75, 3.05) is 20.1 Å². The molecule has 2 aromatic rings. The van der Waals surface area contributed by atoms with Crippen LogP contribution in [0.25, 0.3) is 0 Å². The van der Waals surface area contributed by atoms with Crippen molar-refractivity contribution in [3.05, 3.63) is 71.5 Å². The highest BCUT2D eigenvalue weighted by Gasteiger charge is 2.28. The van der Waals surface area contributed by atoms with Gasteiger partial charge in [-0.3, -0.25) is 9.69 Å². The number of hydrogen-bond acceptors (Lipinski definition) is 4. The third-order valence-electron chi connectivity index (χ3n) is 5.00. The number of nitrogens with zero attached hydrogens (tertiary/aromatic N) is 2. The second kappa shape index (κ2) is 11.8. The predicted molar refractivity (Wildman–Crippen MR) is 113 cm³/mol. The lowest BCUT2D eigenvalue weighted by Gasteiger charge is -2.34. The number of piperidine rings is 1. The maximum absolute atomic E-state index is 13.0. The Labute approximate surface area is 180 Å². The summed E-state index contributed by atoms with van der Waals surface area (Å²) in [5.41, 5.74) is 2.24. The molecule has 1 amide bonds. The molecule has 1 aliphatic rings. The molecule has 0 spiro atoms. The van der Waals surface area contributed by atoms with Crippen molar-refractivity contribution in [2.45, 2.75) is 25.9 Å². The molecule has 3 rings (SSSR count). The summed E-state index contributed by atoms with van der Waals surface area (Å²) in [6.45, 7) is 3.18. The van der Waals surface area contributed by atoms with Gasteiger partial charge in [0.05, 0.1) is 5.92 Å². The fourth-order valence-electron chi connectivity index (χ4n) is 3.50. The van der Waals surface area contributed by atoms with E-state index in [0.29, 0.717) is 6.54 Å². The Morgan fingerprint density at radius 1 is 1.00 bits per heavy atom. The van der Waals surface area contributed by atoms with Crippen LogP contribution in [0.4, 0.5) is 4.39 Å². The fourth-order valence-corrected chi connectivity index (χ4v) is 3.50. The third-order valence-corrected chi connectivity index (χ3v) is 5.00. The normalized spacial score (nSPS) is 16.0. The second-order valence-corrected chi connectivity index (χ2v) is 7.49. The number of rotatable bonds is 5. The highest BCUT2D eigenvalue weighted by Crippen LogP contribution is 2.21. The first kappa shape index (κ1) is 24.0. The second-order valence-electron chi connectivity index (χ2n) is 7.49. The summed E-state index contributed by atoms with van der Waals surface area (Å²) >= 11 is 0. The van der Waals surface area contributed by atoms with E-state index in [4.69, 9.17) is 19.8 Å². The quantitative estimate of drug-likeness (QED) is 0.708.